The Bertz CT molecular complexity index is 938. The minimum atomic E-state index is -0.359. The van der Waals surface area contributed by atoms with Crippen molar-refractivity contribution in [2.24, 2.45) is 0 Å². The van der Waals surface area contributed by atoms with E-state index in [1.165, 1.54) is 36.7 Å². The molecule has 0 fully saturated rings. The Balaban J connectivity index is 1.69. The fraction of sp³-hybridized carbons (Fsp3) is 0.167. The molecule has 27 heavy (non-hydrogen) atoms. The van der Waals surface area contributed by atoms with Gasteiger partial charge in [0.2, 0.25) is 5.91 Å². The average molecular weight is 403 g/mol. The first-order valence-corrected chi connectivity index (χ1v) is 9.64. The number of anilines is 2. The standard InChI is InChI=1S/C18H17N3O4S2/c1-11(22)19-17-16(14-8-5-9-26-14)21-18(27-17)20-15(23)10-25-13-7-4-3-6-12(13)24-2/h3-9H,10H2,1-2H3,(H,19,22)(H,20,21,23). The molecule has 3 aromatic rings. The Kier molecular flexibility index (Phi) is 6.05. The van der Waals surface area contributed by atoms with Crippen molar-refractivity contribution in [1.29, 1.82) is 0 Å². The summed E-state index contributed by atoms with van der Waals surface area (Å²) in [6.45, 7) is 1.24. The monoisotopic (exact) mass is 403 g/mol. The van der Waals surface area contributed by atoms with Gasteiger partial charge < -0.3 is 14.8 Å². The van der Waals surface area contributed by atoms with Gasteiger partial charge in [0, 0.05) is 6.92 Å². The maximum Gasteiger partial charge on any atom is 0.264 e. The zero-order valence-corrected chi connectivity index (χ0v) is 16.3. The first-order valence-electron chi connectivity index (χ1n) is 7.94. The SMILES string of the molecule is COc1ccccc1OCC(=O)Nc1nc(-c2cccs2)c(NC(C)=O)s1. The Morgan fingerprint density at radius 1 is 1.11 bits per heavy atom. The minimum absolute atomic E-state index is 0.191. The van der Waals surface area contributed by atoms with E-state index in [0.29, 0.717) is 27.3 Å². The third-order valence-electron chi connectivity index (χ3n) is 3.35. The number of rotatable bonds is 7. The van der Waals surface area contributed by atoms with E-state index >= 15 is 0 Å². The van der Waals surface area contributed by atoms with E-state index in [4.69, 9.17) is 9.47 Å². The predicted octanol–water partition coefficient (Wildman–Crippen LogP) is 3.86. The van der Waals surface area contributed by atoms with E-state index in [1.807, 2.05) is 23.6 Å². The Morgan fingerprint density at radius 2 is 1.89 bits per heavy atom. The van der Waals surface area contributed by atoms with Crippen LogP contribution in [0, 0.1) is 0 Å². The molecule has 3 rings (SSSR count). The van der Waals surface area contributed by atoms with Crippen LogP contribution in [0.15, 0.2) is 41.8 Å². The van der Waals surface area contributed by atoms with Gasteiger partial charge in [0.05, 0.1) is 12.0 Å². The molecule has 0 saturated carbocycles. The highest BCUT2D eigenvalue weighted by Gasteiger charge is 2.17. The smallest absolute Gasteiger partial charge is 0.264 e. The van der Waals surface area contributed by atoms with Gasteiger partial charge in [-0.3, -0.25) is 14.9 Å². The number of benzene rings is 1. The molecular weight excluding hydrogens is 386 g/mol. The van der Waals surface area contributed by atoms with Crippen LogP contribution in [0.2, 0.25) is 0 Å². The minimum Gasteiger partial charge on any atom is -0.493 e. The van der Waals surface area contributed by atoms with Gasteiger partial charge in [0.1, 0.15) is 10.7 Å². The van der Waals surface area contributed by atoms with E-state index in [-0.39, 0.29) is 18.4 Å². The van der Waals surface area contributed by atoms with Crippen LogP contribution in [0.5, 0.6) is 11.5 Å². The summed E-state index contributed by atoms with van der Waals surface area (Å²) in [5.74, 6) is 0.468. The van der Waals surface area contributed by atoms with Gasteiger partial charge in [-0.25, -0.2) is 4.98 Å². The number of carbonyl (C=O) groups excluding carboxylic acids is 2. The quantitative estimate of drug-likeness (QED) is 0.625. The third-order valence-corrected chi connectivity index (χ3v) is 5.11. The topological polar surface area (TPSA) is 89.6 Å². The van der Waals surface area contributed by atoms with Crippen molar-refractivity contribution in [3.05, 3.63) is 41.8 Å². The zero-order chi connectivity index (χ0) is 19.2. The average Bonchev–Trinajstić information content (AvgIpc) is 3.29. The lowest BCUT2D eigenvalue weighted by Gasteiger charge is -2.09. The molecule has 0 spiro atoms. The van der Waals surface area contributed by atoms with Crippen LogP contribution < -0.4 is 20.1 Å². The Labute approximate surface area is 164 Å². The van der Waals surface area contributed by atoms with Gasteiger partial charge in [0.25, 0.3) is 5.91 Å². The number of hydrogen-bond acceptors (Lipinski definition) is 7. The molecule has 0 aliphatic heterocycles. The summed E-state index contributed by atoms with van der Waals surface area (Å²) in [4.78, 5) is 29.0. The summed E-state index contributed by atoms with van der Waals surface area (Å²) in [5, 5.41) is 8.35. The summed E-state index contributed by atoms with van der Waals surface area (Å²) in [7, 11) is 1.54. The number of methoxy groups -OCH3 is 1. The molecule has 7 nitrogen and oxygen atoms in total. The Morgan fingerprint density at radius 3 is 2.56 bits per heavy atom. The highest BCUT2D eigenvalue weighted by Crippen LogP contribution is 2.38. The number of para-hydroxylation sites is 2. The number of hydrogen-bond donors (Lipinski definition) is 2. The highest BCUT2D eigenvalue weighted by molar-refractivity contribution is 7.21. The maximum absolute atomic E-state index is 12.2. The van der Waals surface area contributed by atoms with Gasteiger partial charge in [-0.2, -0.15) is 0 Å². The van der Waals surface area contributed by atoms with Gasteiger partial charge in [-0.05, 0) is 23.6 Å². The van der Waals surface area contributed by atoms with Crippen molar-refractivity contribution >= 4 is 44.6 Å². The van der Waals surface area contributed by atoms with Crippen molar-refractivity contribution in [2.45, 2.75) is 6.92 Å². The lowest BCUT2D eigenvalue weighted by Crippen LogP contribution is -2.20. The van der Waals surface area contributed by atoms with Crippen molar-refractivity contribution in [2.75, 3.05) is 24.4 Å². The second-order valence-electron chi connectivity index (χ2n) is 5.34. The fourth-order valence-corrected chi connectivity index (χ4v) is 3.96. The molecule has 2 amide bonds. The van der Waals surface area contributed by atoms with Crippen molar-refractivity contribution in [3.8, 4) is 22.1 Å². The highest BCUT2D eigenvalue weighted by atomic mass is 32.1. The van der Waals surface area contributed by atoms with E-state index in [1.54, 1.807) is 18.2 Å². The fourth-order valence-electron chi connectivity index (χ4n) is 2.24. The number of thiophene rings is 1. The maximum atomic E-state index is 12.2. The molecule has 0 atom stereocenters. The van der Waals surface area contributed by atoms with Crippen LogP contribution in [0.25, 0.3) is 10.6 Å². The molecule has 0 saturated heterocycles. The number of thiazole rings is 1. The first kappa shape index (κ1) is 18.9. The van der Waals surface area contributed by atoms with Crippen molar-refractivity contribution < 1.29 is 19.1 Å². The van der Waals surface area contributed by atoms with Crippen LogP contribution in [0.4, 0.5) is 10.1 Å². The molecular formula is C18H17N3O4S2. The molecule has 0 radical (unpaired) electrons. The number of nitrogens with one attached hydrogen (secondary N) is 2. The largest absolute Gasteiger partial charge is 0.493 e. The second kappa shape index (κ2) is 8.65. The van der Waals surface area contributed by atoms with Gasteiger partial charge in [-0.15, -0.1) is 11.3 Å². The van der Waals surface area contributed by atoms with Crippen LogP contribution in [-0.2, 0) is 9.59 Å². The van der Waals surface area contributed by atoms with Crippen molar-refractivity contribution in [1.82, 2.24) is 4.98 Å². The number of amides is 2. The molecule has 0 unspecified atom stereocenters. The number of nitrogens with zero attached hydrogens (tertiary/aromatic N) is 1. The van der Waals surface area contributed by atoms with E-state index in [2.05, 4.69) is 15.6 Å². The molecule has 0 aliphatic rings. The second-order valence-corrected chi connectivity index (χ2v) is 7.29. The molecule has 1 aromatic carbocycles. The number of aromatic nitrogens is 1. The first-order chi connectivity index (χ1) is 13.1. The predicted molar refractivity (Wildman–Crippen MR) is 107 cm³/mol. The summed E-state index contributed by atoms with van der Waals surface area (Å²) in [5.41, 5.74) is 0.631. The van der Waals surface area contributed by atoms with Gasteiger partial charge in [-0.1, -0.05) is 29.5 Å². The van der Waals surface area contributed by atoms with Crippen LogP contribution in [0.3, 0.4) is 0 Å². The summed E-state index contributed by atoms with van der Waals surface area (Å²) < 4.78 is 10.7. The molecule has 2 aromatic heterocycles. The molecule has 2 heterocycles. The third kappa shape index (κ3) is 4.83. The van der Waals surface area contributed by atoms with Crippen LogP contribution in [0.1, 0.15) is 6.92 Å². The molecule has 0 bridgehead atoms. The van der Waals surface area contributed by atoms with Crippen LogP contribution >= 0.6 is 22.7 Å². The van der Waals surface area contributed by atoms with E-state index < -0.39 is 0 Å². The molecule has 0 aliphatic carbocycles. The number of carbonyl (C=O) groups is 2. The van der Waals surface area contributed by atoms with Crippen molar-refractivity contribution in [3.63, 3.8) is 0 Å². The summed E-state index contributed by atoms with van der Waals surface area (Å²) in [6, 6.07) is 10.9. The van der Waals surface area contributed by atoms with E-state index in [9.17, 15) is 9.59 Å². The summed E-state index contributed by atoms with van der Waals surface area (Å²) in [6.07, 6.45) is 0. The lowest BCUT2D eigenvalue weighted by molar-refractivity contribution is -0.118. The molecule has 2 N–H and O–H groups in total. The van der Waals surface area contributed by atoms with Gasteiger partial charge >= 0.3 is 0 Å². The van der Waals surface area contributed by atoms with Crippen LogP contribution in [-0.4, -0.2) is 30.5 Å². The summed E-state index contributed by atoms with van der Waals surface area (Å²) >= 11 is 2.70. The number of ether oxygens (including phenoxy) is 2. The lowest BCUT2D eigenvalue weighted by atomic mass is 10.3. The zero-order valence-electron chi connectivity index (χ0n) is 14.6. The normalized spacial score (nSPS) is 10.3. The Hall–Kier alpha value is -2.91. The molecule has 140 valence electrons. The van der Waals surface area contributed by atoms with Gasteiger partial charge in [0.15, 0.2) is 23.2 Å². The molecule has 9 heteroatoms. The van der Waals surface area contributed by atoms with E-state index in [0.717, 1.165) is 4.88 Å².